The predicted octanol–water partition coefficient (Wildman–Crippen LogP) is 4.66. The Hall–Kier alpha value is -3.13. The summed E-state index contributed by atoms with van der Waals surface area (Å²) in [5, 5.41) is 9.77. The van der Waals surface area contributed by atoms with Gasteiger partial charge in [0.15, 0.2) is 0 Å². The van der Waals surface area contributed by atoms with Crippen LogP contribution in [0.1, 0.15) is 35.3 Å². The molecular formula is C20H22N4O3S. The SMILES string of the molecule is COC(=O)c1sc(C(C)(C)C)cc1NC(=O)Nc1ccnn1-c1ccccc1. The first kappa shape index (κ1) is 19.6. The zero-order valence-corrected chi connectivity index (χ0v) is 17.0. The molecule has 0 aliphatic rings. The smallest absolute Gasteiger partial charge is 0.350 e. The van der Waals surface area contributed by atoms with Crippen LogP contribution < -0.4 is 10.6 Å². The molecule has 146 valence electrons. The minimum atomic E-state index is -0.481. The zero-order chi connectivity index (χ0) is 20.3. The Bertz CT molecular complexity index is 987. The highest BCUT2D eigenvalue weighted by Crippen LogP contribution is 2.36. The summed E-state index contributed by atoms with van der Waals surface area (Å²) in [6, 6.07) is 12.5. The van der Waals surface area contributed by atoms with E-state index in [2.05, 4.69) is 15.7 Å². The second-order valence-corrected chi connectivity index (χ2v) is 8.19. The summed E-state index contributed by atoms with van der Waals surface area (Å²) in [4.78, 5) is 26.0. The quantitative estimate of drug-likeness (QED) is 0.626. The van der Waals surface area contributed by atoms with Crippen molar-refractivity contribution in [1.29, 1.82) is 0 Å². The molecule has 0 atom stereocenters. The third kappa shape index (κ3) is 4.23. The van der Waals surface area contributed by atoms with Crippen LogP contribution >= 0.6 is 11.3 Å². The lowest BCUT2D eigenvalue weighted by Crippen LogP contribution is -2.22. The summed E-state index contributed by atoms with van der Waals surface area (Å²) < 4.78 is 6.47. The Balaban J connectivity index is 1.82. The van der Waals surface area contributed by atoms with Gasteiger partial charge in [0, 0.05) is 10.9 Å². The summed E-state index contributed by atoms with van der Waals surface area (Å²) in [6.07, 6.45) is 1.60. The van der Waals surface area contributed by atoms with Gasteiger partial charge in [0.05, 0.1) is 24.7 Å². The van der Waals surface area contributed by atoms with E-state index in [4.69, 9.17) is 4.74 Å². The van der Waals surface area contributed by atoms with Gasteiger partial charge in [-0.2, -0.15) is 5.10 Å². The Kier molecular flexibility index (Phi) is 5.51. The monoisotopic (exact) mass is 398 g/mol. The number of carbonyl (C=O) groups excluding carboxylic acids is 2. The van der Waals surface area contributed by atoms with Gasteiger partial charge in [-0.3, -0.25) is 5.32 Å². The molecule has 0 saturated carbocycles. The van der Waals surface area contributed by atoms with Crippen LogP contribution in [0.5, 0.6) is 0 Å². The molecule has 0 unspecified atom stereocenters. The van der Waals surface area contributed by atoms with E-state index in [1.807, 2.05) is 57.2 Å². The second-order valence-electron chi connectivity index (χ2n) is 7.14. The number of methoxy groups -OCH3 is 1. The number of anilines is 2. The number of aromatic nitrogens is 2. The Morgan fingerprint density at radius 2 is 1.82 bits per heavy atom. The van der Waals surface area contributed by atoms with Gasteiger partial charge in [-0.1, -0.05) is 39.0 Å². The molecule has 7 nitrogen and oxygen atoms in total. The fourth-order valence-corrected chi connectivity index (χ4v) is 3.63. The lowest BCUT2D eigenvalue weighted by Gasteiger charge is -2.15. The number of thiophene rings is 1. The molecule has 2 N–H and O–H groups in total. The molecule has 0 aliphatic carbocycles. The lowest BCUT2D eigenvalue weighted by atomic mass is 9.94. The number of benzene rings is 1. The molecular weight excluding hydrogens is 376 g/mol. The first-order valence-corrected chi connectivity index (χ1v) is 9.51. The number of hydrogen-bond donors (Lipinski definition) is 2. The molecule has 8 heteroatoms. The molecule has 3 aromatic rings. The maximum absolute atomic E-state index is 12.6. The van der Waals surface area contributed by atoms with Gasteiger partial charge in [-0.05, 0) is 23.6 Å². The van der Waals surface area contributed by atoms with Crippen molar-refractivity contribution >= 4 is 34.8 Å². The van der Waals surface area contributed by atoms with E-state index in [1.165, 1.54) is 18.4 Å². The van der Waals surface area contributed by atoms with Crippen molar-refractivity contribution in [1.82, 2.24) is 9.78 Å². The topological polar surface area (TPSA) is 85.2 Å². The molecule has 0 aliphatic heterocycles. The molecule has 3 rings (SSSR count). The van der Waals surface area contributed by atoms with E-state index in [0.29, 0.717) is 16.4 Å². The number of nitrogens with zero attached hydrogens (tertiary/aromatic N) is 2. The van der Waals surface area contributed by atoms with E-state index in [9.17, 15) is 9.59 Å². The van der Waals surface area contributed by atoms with Crippen LogP contribution in [0, 0.1) is 0 Å². The van der Waals surface area contributed by atoms with Crippen molar-refractivity contribution < 1.29 is 14.3 Å². The Morgan fingerprint density at radius 3 is 2.46 bits per heavy atom. The van der Waals surface area contributed by atoms with E-state index in [-0.39, 0.29) is 5.41 Å². The average molecular weight is 398 g/mol. The van der Waals surface area contributed by atoms with E-state index in [1.54, 1.807) is 16.9 Å². The summed E-state index contributed by atoms with van der Waals surface area (Å²) >= 11 is 1.31. The summed E-state index contributed by atoms with van der Waals surface area (Å²) in [7, 11) is 1.32. The van der Waals surface area contributed by atoms with Crippen molar-refractivity contribution in [2.75, 3.05) is 17.7 Å². The van der Waals surface area contributed by atoms with E-state index >= 15 is 0 Å². The van der Waals surface area contributed by atoms with Gasteiger partial charge in [-0.25, -0.2) is 14.3 Å². The van der Waals surface area contributed by atoms with E-state index < -0.39 is 12.0 Å². The number of ether oxygens (including phenoxy) is 1. The number of esters is 1. The molecule has 28 heavy (non-hydrogen) atoms. The first-order chi connectivity index (χ1) is 13.3. The maximum atomic E-state index is 12.6. The zero-order valence-electron chi connectivity index (χ0n) is 16.1. The molecule has 0 fully saturated rings. The van der Waals surface area contributed by atoms with Crippen LogP contribution in [0.15, 0.2) is 48.7 Å². The van der Waals surface area contributed by atoms with Crippen LogP contribution in [-0.4, -0.2) is 28.9 Å². The normalized spacial score (nSPS) is 11.1. The third-order valence-electron chi connectivity index (χ3n) is 3.98. The predicted molar refractivity (Wildman–Crippen MR) is 111 cm³/mol. The molecule has 0 saturated heterocycles. The van der Waals surface area contributed by atoms with Gasteiger partial charge < -0.3 is 10.1 Å². The van der Waals surface area contributed by atoms with Gasteiger partial charge in [0.25, 0.3) is 0 Å². The minimum Gasteiger partial charge on any atom is -0.465 e. The van der Waals surface area contributed by atoms with Crippen LogP contribution in [0.2, 0.25) is 0 Å². The molecule has 1 aromatic carbocycles. The number of carbonyl (C=O) groups is 2. The lowest BCUT2D eigenvalue weighted by molar-refractivity contribution is 0.0607. The van der Waals surface area contributed by atoms with Crippen LogP contribution in [0.3, 0.4) is 0 Å². The molecule has 2 heterocycles. The highest BCUT2D eigenvalue weighted by molar-refractivity contribution is 7.14. The standard InChI is InChI=1S/C20H22N4O3S/c1-20(2,3)15-12-14(17(28-15)18(25)27-4)22-19(26)23-16-10-11-21-24(16)13-8-6-5-7-9-13/h5-12H,1-4H3,(H2,22,23,26). The van der Waals surface area contributed by atoms with Crippen molar-refractivity contribution in [3.63, 3.8) is 0 Å². The highest BCUT2D eigenvalue weighted by atomic mass is 32.1. The van der Waals surface area contributed by atoms with Crippen LogP contribution in [0.4, 0.5) is 16.3 Å². The second kappa shape index (κ2) is 7.85. The van der Waals surface area contributed by atoms with Crippen LogP contribution in [0.25, 0.3) is 5.69 Å². The summed E-state index contributed by atoms with van der Waals surface area (Å²) in [6.45, 7) is 6.13. The Labute approximate surface area is 167 Å². The third-order valence-corrected chi connectivity index (χ3v) is 5.52. The van der Waals surface area contributed by atoms with Gasteiger partial charge >= 0.3 is 12.0 Å². The van der Waals surface area contributed by atoms with Gasteiger partial charge in [0.2, 0.25) is 0 Å². The highest BCUT2D eigenvalue weighted by Gasteiger charge is 2.24. The fraction of sp³-hybridized carbons (Fsp3) is 0.250. The number of urea groups is 1. The summed E-state index contributed by atoms with van der Waals surface area (Å²) in [5.41, 5.74) is 1.09. The number of rotatable bonds is 4. The van der Waals surface area contributed by atoms with Crippen LogP contribution in [-0.2, 0) is 10.2 Å². The van der Waals surface area contributed by atoms with E-state index in [0.717, 1.165) is 10.6 Å². The number of nitrogens with one attached hydrogen (secondary N) is 2. The fourth-order valence-electron chi connectivity index (χ4n) is 2.54. The van der Waals surface area contributed by atoms with Crippen molar-refractivity contribution in [3.05, 3.63) is 58.4 Å². The molecule has 0 bridgehead atoms. The molecule has 0 radical (unpaired) electrons. The summed E-state index contributed by atoms with van der Waals surface area (Å²) in [5.74, 6) is 0.0275. The number of hydrogen-bond acceptors (Lipinski definition) is 5. The molecule has 0 spiro atoms. The van der Waals surface area contributed by atoms with Crippen molar-refractivity contribution in [2.24, 2.45) is 0 Å². The number of para-hydroxylation sites is 1. The Morgan fingerprint density at radius 1 is 1.11 bits per heavy atom. The average Bonchev–Trinajstić information content (AvgIpc) is 3.28. The molecule has 2 amide bonds. The van der Waals surface area contributed by atoms with Crippen molar-refractivity contribution in [3.8, 4) is 5.69 Å². The number of amides is 2. The largest absolute Gasteiger partial charge is 0.465 e. The maximum Gasteiger partial charge on any atom is 0.350 e. The molecule has 2 aromatic heterocycles. The van der Waals surface area contributed by atoms with Gasteiger partial charge in [-0.15, -0.1) is 11.3 Å². The van der Waals surface area contributed by atoms with Gasteiger partial charge in [0.1, 0.15) is 10.7 Å². The minimum absolute atomic E-state index is 0.157. The van der Waals surface area contributed by atoms with Crippen molar-refractivity contribution in [2.45, 2.75) is 26.2 Å². The first-order valence-electron chi connectivity index (χ1n) is 8.69.